The molecule has 0 atom stereocenters. The second-order valence-electron chi connectivity index (χ2n) is 3.63. The molecule has 0 saturated carbocycles. The molecule has 0 spiro atoms. The molecule has 0 amide bonds. The molecule has 4 nitrogen and oxygen atoms in total. The van der Waals surface area contributed by atoms with Crippen LogP contribution in [0.1, 0.15) is 30.0 Å². The van der Waals surface area contributed by atoms with Crippen molar-refractivity contribution in [2.24, 2.45) is 0 Å². The summed E-state index contributed by atoms with van der Waals surface area (Å²) < 4.78 is 2.06. The van der Waals surface area contributed by atoms with Crippen molar-refractivity contribution in [1.82, 2.24) is 9.55 Å². The van der Waals surface area contributed by atoms with Gasteiger partial charge in [0.05, 0.1) is 16.6 Å². The number of benzene rings is 1. The quantitative estimate of drug-likeness (QED) is 0.860. The zero-order chi connectivity index (χ0) is 11.7. The van der Waals surface area contributed by atoms with Crippen molar-refractivity contribution in [2.75, 3.05) is 0 Å². The zero-order valence-corrected chi connectivity index (χ0v) is 9.40. The molecule has 1 heterocycles. The molecule has 0 saturated heterocycles. The van der Waals surface area contributed by atoms with E-state index < -0.39 is 5.97 Å². The Balaban J connectivity index is 2.70. The Morgan fingerprint density at radius 3 is 2.75 bits per heavy atom. The molecule has 0 unspecified atom stereocenters. The predicted octanol–water partition coefficient (Wildman–Crippen LogP) is 2.32. The van der Waals surface area contributed by atoms with E-state index in [4.69, 9.17) is 5.11 Å². The second-order valence-corrected chi connectivity index (χ2v) is 3.63. The van der Waals surface area contributed by atoms with E-state index >= 15 is 0 Å². The van der Waals surface area contributed by atoms with Crippen molar-refractivity contribution in [3.05, 3.63) is 29.6 Å². The fourth-order valence-electron chi connectivity index (χ4n) is 1.93. The lowest BCUT2D eigenvalue weighted by Crippen LogP contribution is -2.01. The number of carbonyl (C=O) groups is 1. The van der Waals surface area contributed by atoms with Crippen molar-refractivity contribution in [2.45, 2.75) is 26.8 Å². The third-order valence-corrected chi connectivity index (χ3v) is 2.71. The molecule has 0 aliphatic carbocycles. The van der Waals surface area contributed by atoms with E-state index in [1.54, 1.807) is 18.2 Å². The number of rotatable bonds is 3. The normalized spacial score (nSPS) is 10.9. The Morgan fingerprint density at radius 1 is 1.44 bits per heavy atom. The molecule has 0 bridgehead atoms. The first-order valence-corrected chi connectivity index (χ1v) is 5.39. The Bertz CT molecular complexity index is 543. The highest BCUT2D eigenvalue weighted by atomic mass is 16.4. The Morgan fingerprint density at radius 2 is 2.19 bits per heavy atom. The number of aromatic carboxylic acids is 1. The smallest absolute Gasteiger partial charge is 0.335 e. The van der Waals surface area contributed by atoms with Crippen LogP contribution in [0.5, 0.6) is 0 Å². The van der Waals surface area contributed by atoms with E-state index in [0.717, 1.165) is 29.8 Å². The highest BCUT2D eigenvalue weighted by Crippen LogP contribution is 2.18. The van der Waals surface area contributed by atoms with Gasteiger partial charge in [-0.3, -0.25) is 0 Å². The third kappa shape index (κ3) is 1.56. The van der Waals surface area contributed by atoms with Gasteiger partial charge in [-0.25, -0.2) is 9.78 Å². The number of hydrogen-bond donors (Lipinski definition) is 1. The summed E-state index contributed by atoms with van der Waals surface area (Å²) >= 11 is 0. The second kappa shape index (κ2) is 3.96. The minimum absolute atomic E-state index is 0.310. The average Bonchev–Trinajstić information content (AvgIpc) is 2.65. The van der Waals surface area contributed by atoms with E-state index in [1.165, 1.54) is 0 Å². The maximum absolute atomic E-state index is 10.9. The molecule has 1 aromatic carbocycles. The molecule has 0 aliphatic rings. The molecule has 84 valence electrons. The number of carboxylic acids is 1. The van der Waals surface area contributed by atoms with Crippen LogP contribution < -0.4 is 0 Å². The third-order valence-electron chi connectivity index (χ3n) is 2.71. The molecule has 0 fully saturated rings. The van der Waals surface area contributed by atoms with Gasteiger partial charge in [-0.05, 0) is 25.1 Å². The lowest BCUT2D eigenvalue weighted by atomic mass is 10.2. The van der Waals surface area contributed by atoms with Gasteiger partial charge in [0.15, 0.2) is 0 Å². The van der Waals surface area contributed by atoms with E-state index in [-0.39, 0.29) is 0 Å². The van der Waals surface area contributed by atoms with Gasteiger partial charge in [0.25, 0.3) is 0 Å². The molecular weight excluding hydrogens is 204 g/mol. The number of carboxylic acid groups (broad SMARTS) is 1. The summed E-state index contributed by atoms with van der Waals surface area (Å²) in [6, 6.07) is 5.05. The van der Waals surface area contributed by atoms with Crippen molar-refractivity contribution >= 4 is 17.0 Å². The fraction of sp³-hybridized carbons (Fsp3) is 0.333. The van der Waals surface area contributed by atoms with E-state index in [2.05, 4.69) is 9.55 Å². The topological polar surface area (TPSA) is 55.1 Å². The molecule has 4 heteroatoms. The van der Waals surface area contributed by atoms with Crippen LogP contribution in [0.15, 0.2) is 18.2 Å². The summed E-state index contributed by atoms with van der Waals surface area (Å²) in [5.41, 5.74) is 2.08. The first kappa shape index (κ1) is 10.7. The first-order chi connectivity index (χ1) is 7.67. The highest BCUT2D eigenvalue weighted by Gasteiger charge is 2.10. The van der Waals surface area contributed by atoms with Crippen LogP contribution >= 0.6 is 0 Å². The van der Waals surface area contributed by atoms with E-state index in [9.17, 15) is 4.79 Å². The van der Waals surface area contributed by atoms with Gasteiger partial charge < -0.3 is 9.67 Å². The molecule has 0 radical (unpaired) electrons. The summed E-state index contributed by atoms with van der Waals surface area (Å²) in [5.74, 6) is 0.101. The van der Waals surface area contributed by atoms with Crippen LogP contribution in [0, 0.1) is 0 Å². The van der Waals surface area contributed by atoms with Gasteiger partial charge in [-0.2, -0.15) is 0 Å². The Labute approximate surface area is 93.5 Å². The van der Waals surface area contributed by atoms with Crippen LogP contribution in [0.3, 0.4) is 0 Å². The average molecular weight is 218 g/mol. The lowest BCUT2D eigenvalue weighted by molar-refractivity contribution is 0.0697. The zero-order valence-electron chi connectivity index (χ0n) is 9.40. The number of fused-ring (bicyclic) bond motifs is 1. The number of aryl methyl sites for hydroxylation is 2. The van der Waals surface area contributed by atoms with Crippen LogP contribution in [0.25, 0.3) is 11.0 Å². The first-order valence-electron chi connectivity index (χ1n) is 5.39. The Hall–Kier alpha value is -1.84. The van der Waals surface area contributed by atoms with Gasteiger partial charge in [-0.1, -0.05) is 6.92 Å². The minimum Gasteiger partial charge on any atom is -0.478 e. The predicted molar refractivity (Wildman–Crippen MR) is 61.7 cm³/mol. The molecule has 1 aromatic heterocycles. The van der Waals surface area contributed by atoms with Crippen molar-refractivity contribution in [3.63, 3.8) is 0 Å². The summed E-state index contributed by atoms with van der Waals surface area (Å²) in [6.45, 7) is 4.89. The molecular formula is C12H14N2O2. The largest absolute Gasteiger partial charge is 0.478 e. The van der Waals surface area contributed by atoms with Gasteiger partial charge in [0, 0.05) is 13.0 Å². The molecule has 1 N–H and O–H groups in total. The van der Waals surface area contributed by atoms with Gasteiger partial charge >= 0.3 is 5.97 Å². The molecule has 16 heavy (non-hydrogen) atoms. The maximum atomic E-state index is 10.9. The summed E-state index contributed by atoms with van der Waals surface area (Å²) in [4.78, 5) is 15.4. The molecule has 2 aromatic rings. The van der Waals surface area contributed by atoms with Crippen molar-refractivity contribution in [1.29, 1.82) is 0 Å². The van der Waals surface area contributed by atoms with Gasteiger partial charge in [0.2, 0.25) is 0 Å². The molecule has 0 aliphatic heterocycles. The highest BCUT2D eigenvalue weighted by molar-refractivity contribution is 5.92. The standard InChI is InChI=1S/C12H14N2O2/c1-3-11-13-9-6-5-8(12(15)16)7-10(9)14(11)4-2/h5-7H,3-4H2,1-2H3,(H,15,16). The van der Waals surface area contributed by atoms with E-state index in [0.29, 0.717) is 5.56 Å². The monoisotopic (exact) mass is 218 g/mol. The van der Waals surface area contributed by atoms with E-state index in [1.807, 2.05) is 13.8 Å². The fourth-order valence-corrected chi connectivity index (χ4v) is 1.93. The number of aromatic nitrogens is 2. The summed E-state index contributed by atoms with van der Waals surface area (Å²) in [5, 5.41) is 8.94. The van der Waals surface area contributed by atoms with Crippen LogP contribution in [0.4, 0.5) is 0 Å². The SMILES string of the molecule is CCc1nc2ccc(C(=O)O)cc2n1CC. The van der Waals surface area contributed by atoms with Crippen LogP contribution in [-0.2, 0) is 13.0 Å². The number of nitrogens with zero attached hydrogens (tertiary/aromatic N) is 2. The maximum Gasteiger partial charge on any atom is 0.335 e. The van der Waals surface area contributed by atoms with Crippen molar-refractivity contribution in [3.8, 4) is 0 Å². The van der Waals surface area contributed by atoms with Crippen LogP contribution in [-0.4, -0.2) is 20.6 Å². The van der Waals surface area contributed by atoms with Gasteiger partial charge in [0.1, 0.15) is 5.82 Å². The lowest BCUT2D eigenvalue weighted by Gasteiger charge is -2.03. The Kier molecular flexibility index (Phi) is 2.64. The summed E-state index contributed by atoms with van der Waals surface area (Å²) in [6.07, 6.45) is 0.852. The summed E-state index contributed by atoms with van der Waals surface area (Å²) in [7, 11) is 0. The van der Waals surface area contributed by atoms with Crippen LogP contribution in [0.2, 0.25) is 0 Å². The van der Waals surface area contributed by atoms with Gasteiger partial charge in [-0.15, -0.1) is 0 Å². The molecule has 2 rings (SSSR count). The van der Waals surface area contributed by atoms with Crippen molar-refractivity contribution < 1.29 is 9.90 Å². The number of imidazole rings is 1. The number of hydrogen-bond acceptors (Lipinski definition) is 2. The minimum atomic E-state index is -0.899.